The summed E-state index contributed by atoms with van der Waals surface area (Å²) in [6.07, 6.45) is 2.71. The highest BCUT2D eigenvalue weighted by Crippen LogP contribution is 2.44. The molecule has 3 atom stereocenters. The van der Waals surface area contributed by atoms with Gasteiger partial charge in [-0.3, -0.25) is 4.79 Å². The Morgan fingerprint density at radius 3 is 2.72 bits per heavy atom. The van der Waals surface area contributed by atoms with Crippen molar-refractivity contribution in [2.45, 2.75) is 46.1 Å². The predicted molar refractivity (Wildman–Crippen MR) is 73.1 cm³/mol. The SMILES string of the molecule is COCCCNC(=O)C1CCC(N)C(C)C1(C)C. The number of methoxy groups -OCH3 is 1. The van der Waals surface area contributed by atoms with E-state index in [-0.39, 0.29) is 23.3 Å². The van der Waals surface area contributed by atoms with Gasteiger partial charge in [0.2, 0.25) is 5.91 Å². The zero-order valence-corrected chi connectivity index (χ0v) is 12.2. The van der Waals surface area contributed by atoms with Crippen LogP contribution in [0.3, 0.4) is 0 Å². The Kier molecular flexibility index (Phi) is 5.60. The van der Waals surface area contributed by atoms with E-state index in [0.717, 1.165) is 19.3 Å². The zero-order valence-electron chi connectivity index (χ0n) is 12.2. The lowest BCUT2D eigenvalue weighted by Gasteiger charge is -2.46. The molecule has 0 aliphatic heterocycles. The van der Waals surface area contributed by atoms with Crippen LogP contribution in [0, 0.1) is 17.3 Å². The summed E-state index contributed by atoms with van der Waals surface area (Å²) in [7, 11) is 1.68. The molecule has 1 aliphatic carbocycles. The number of hydrogen-bond acceptors (Lipinski definition) is 3. The summed E-state index contributed by atoms with van der Waals surface area (Å²) in [5, 5.41) is 3.02. The molecule has 18 heavy (non-hydrogen) atoms. The predicted octanol–water partition coefficient (Wildman–Crippen LogP) is 1.54. The molecule has 0 aromatic heterocycles. The summed E-state index contributed by atoms with van der Waals surface area (Å²) >= 11 is 0. The van der Waals surface area contributed by atoms with Gasteiger partial charge in [0.15, 0.2) is 0 Å². The molecule has 0 bridgehead atoms. The normalized spacial score (nSPS) is 31.1. The van der Waals surface area contributed by atoms with Gasteiger partial charge in [-0.2, -0.15) is 0 Å². The smallest absolute Gasteiger partial charge is 0.223 e. The summed E-state index contributed by atoms with van der Waals surface area (Å²) in [6.45, 7) is 7.87. The van der Waals surface area contributed by atoms with Gasteiger partial charge in [-0.25, -0.2) is 0 Å². The second-order valence-electron chi connectivity index (χ2n) is 6.04. The molecule has 1 fully saturated rings. The minimum Gasteiger partial charge on any atom is -0.385 e. The van der Waals surface area contributed by atoms with Crippen LogP contribution >= 0.6 is 0 Å². The number of hydrogen-bond donors (Lipinski definition) is 2. The fraction of sp³-hybridized carbons (Fsp3) is 0.929. The molecule has 0 radical (unpaired) electrons. The first-order chi connectivity index (χ1) is 8.41. The number of ether oxygens (including phenoxy) is 1. The maximum absolute atomic E-state index is 12.2. The van der Waals surface area contributed by atoms with E-state index in [1.54, 1.807) is 7.11 Å². The molecule has 1 rings (SSSR count). The van der Waals surface area contributed by atoms with Gasteiger partial charge in [0.05, 0.1) is 0 Å². The Morgan fingerprint density at radius 1 is 1.44 bits per heavy atom. The Labute approximate surface area is 111 Å². The minimum absolute atomic E-state index is 0.0248. The maximum atomic E-state index is 12.2. The summed E-state index contributed by atoms with van der Waals surface area (Å²) in [4.78, 5) is 12.2. The van der Waals surface area contributed by atoms with E-state index < -0.39 is 0 Å². The molecule has 3 unspecified atom stereocenters. The molecule has 1 aliphatic rings. The largest absolute Gasteiger partial charge is 0.385 e. The number of carbonyl (C=O) groups is 1. The second kappa shape index (κ2) is 6.53. The number of amides is 1. The molecule has 0 aromatic rings. The number of nitrogens with one attached hydrogen (secondary N) is 1. The van der Waals surface area contributed by atoms with Crippen LogP contribution in [0.4, 0.5) is 0 Å². The van der Waals surface area contributed by atoms with E-state index in [1.165, 1.54) is 0 Å². The third kappa shape index (κ3) is 3.45. The fourth-order valence-corrected chi connectivity index (χ4v) is 2.87. The van der Waals surface area contributed by atoms with Gasteiger partial charge in [0.25, 0.3) is 0 Å². The topological polar surface area (TPSA) is 64.3 Å². The van der Waals surface area contributed by atoms with Crippen molar-refractivity contribution >= 4 is 5.91 Å². The maximum Gasteiger partial charge on any atom is 0.223 e. The van der Waals surface area contributed by atoms with Crippen molar-refractivity contribution in [2.75, 3.05) is 20.3 Å². The molecule has 0 saturated heterocycles. The van der Waals surface area contributed by atoms with Crippen LogP contribution in [0.5, 0.6) is 0 Å². The monoisotopic (exact) mass is 256 g/mol. The second-order valence-corrected chi connectivity index (χ2v) is 6.04. The van der Waals surface area contributed by atoms with Crippen molar-refractivity contribution < 1.29 is 9.53 Å². The average Bonchev–Trinajstić information content (AvgIpc) is 2.31. The first kappa shape index (κ1) is 15.4. The molecule has 4 heteroatoms. The van der Waals surface area contributed by atoms with Crippen LogP contribution in [0.1, 0.15) is 40.0 Å². The molecule has 3 N–H and O–H groups in total. The standard InChI is InChI=1S/C14H28N2O2/c1-10-12(15)7-6-11(14(10,2)3)13(17)16-8-5-9-18-4/h10-12H,5-9,15H2,1-4H3,(H,16,17). The van der Waals surface area contributed by atoms with Crippen molar-refractivity contribution in [3.8, 4) is 0 Å². The van der Waals surface area contributed by atoms with Crippen molar-refractivity contribution in [3.63, 3.8) is 0 Å². The molecular formula is C14H28N2O2. The Morgan fingerprint density at radius 2 is 2.11 bits per heavy atom. The quantitative estimate of drug-likeness (QED) is 0.733. The summed E-state index contributed by atoms with van der Waals surface area (Å²) in [5.74, 6) is 0.630. The van der Waals surface area contributed by atoms with Gasteiger partial charge in [0.1, 0.15) is 0 Å². The van der Waals surface area contributed by atoms with Crippen LogP contribution < -0.4 is 11.1 Å². The first-order valence-electron chi connectivity index (χ1n) is 6.93. The van der Waals surface area contributed by atoms with Crippen molar-refractivity contribution in [1.82, 2.24) is 5.32 Å². The van der Waals surface area contributed by atoms with E-state index in [9.17, 15) is 4.79 Å². The Balaban J connectivity index is 2.51. The first-order valence-corrected chi connectivity index (χ1v) is 6.93. The zero-order chi connectivity index (χ0) is 13.8. The molecule has 0 spiro atoms. The molecule has 4 nitrogen and oxygen atoms in total. The lowest BCUT2D eigenvalue weighted by atomic mass is 9.61. The van der Waals surface area contributed by atoms with E-state index >= 15 is 0 Å². The van der Waals surface area contributed by atoms with Gasteiger partial charge < -0.3 is 15.8 Å². The van der Waals surface area contributed by atoms with Crippen molar-refractivity contribution in [3.05, 3.63) is 0 Å². The number of rotatable bonds is 5. The van der Waals surface area contributed by atoms with Crippen LogP contribution in [0.2, 0.25) is 0 Å². The molecule has 0 aromatic carbocycles. The minimum atomic E-state index is -0.0248. The highest BCUT2D eigenvalue weighted by molar-refractivity contribution is 5.79. The van der Waals surface area contributed by atoms with Gasteiger partial charge in [-0.05, 0) is 30.6 Å². The molecular weight excluding hydrogens is 228 g/mol. The highest BCUT2D eigenvalue weighted by Gasteiger charge is 2.44. The molecule has 0 heterocycles. The van der Waals surface area contributed by atoms with Gasteiger partial charge in [0, 0.05) is 32.2 Å². The van der Waals surface area contributed by atoms with Gasteiger partial charge in [-0.15, -0.1) is 0 Å². The van der Waals surface area contributed by atoms with Crippen LogP contribution in [-0.2, 0) is 9.53 Å². The number of nitrogens with two attached hydrogens (primary N) is 1. The van der Waals surface area contributed by atoms with Gasteiger partial charge >= 0.3 is 0 Å². The Hall–Kier alpha value is -0.610. The molecule has 1 saturated carbocycles. The van der Waals surface area contributed by atoms with E-state index in [4.69, 9.17) is 10.5 Å². The van der Waals surface area contributed by atoms with Crippen LogP contribution in [-0.4, -0.2) is 32.2 Å². The molecule has 106 valence electrons. The number of carbonyl (C=O) groups excluding carboxylic acids is 1. The summed E-state index contributed by atoms with van der Waals surface area (Å²) < 4.78 is 4.97. The fourth-order valence-electron chi connectivity index (χ4n) is 2.87. The van der Waals surface area contributed by atoms with E-state index in [2.05, 4.69) is 26.1 Å². The third-order valence-corrected chi connectivity index (χ3v) is 4.64. The summed E-state index contributed by atoms with van der Waals surface area (Å²) in [6, 6.07) is 0.220. The average molecular weight is 256 g/mol. The third-order valence-electron chi connectivity index (χ3n) is 4.64. The lowest BCUT2D eigenvalue weighted by Crippen LogP contribution is -2.51. The van der Waals surface area contributed by atoms with E-state index in [0.29, 0.717) is 19.1 Å². The van der Waals surface area contributed by atoms with Crippen molar-refractivity contribution in [2.24, 2.45) is 23.0 Å². The summed E-state index contributed by atoms with van der Waals surface area (Å²) in [5.41, 5.74) is 6.08. The van der Waals surface area contributed by atoms with Crippen LogP contribution in [0.25, 0.3) is 0 Å². The Bertz CT molecular complexity index is 279. The van der Waals surface area contributed by atoms with E-state index in [1.807, 2.05) is 0 Å². The highest BCUT2D eigenvalue weighted by atomic mass is 16.5. The van der Waals surface area contributed by atoms with Crippen LogP contribution in [0.15, 0.2) is 0 Å². The lowest BCUT2D eigenvalue weighted by molar-refractivity contribution is -0.132. The molecule has 1 amide bonds. The van der Waals surface area contributed by atoms with Gasteiger partial charge in [-0.1, -0.05) is 20.8 Å². The van der Waals surface area contributed by atoms with Crippen molar-refractivity contribution in [1.29, 1.82) is 0 Å².